The molecule has 2 aromatic rings. The number of para-hydroxylation sites is 1. The van der Waals surface area contributed by atoms with Crippen LogP contribution in [0.2, 0.25) is 0 Å². The second kappa shape index (κ2) is 7.68. The second-order valence-corrected chi connectivity index (χ2v) is 4.41. The summed E-state index contributed by atoms with van der Waals surface area (Å²) in [6.07, 6.45) is 1.02. The van der Waals surface area contributed by atoms with Gasteiger partial charge in [0.1, 0.15) is 12.2 Å². The van der Waals surface area contributed by atoms with Gasteiger partial charge in [-0.05, 0) is 17.7 Å². The minimum atomic E-state index is -0.613. The fraction of sp³-hybridized carbons (Fsp3) is 0.0625. The summed E-state index contributed by atoms with van der Waals surface area (Å²) >= 11 is 0. The number of hydrogen-bond acceptors (Lipinski definition) is 3. The summed E-state index contributed by atoms with van der Waals surface area (Å²) in [6, 6.07) is 14.9. The van der Waals surface area contributed by atoms with E-state index < -0.39 is 24.1 Å². The predicted molar refractivity (Wildman–Crippen MR) is 81.8 cm³/mol. The molecule has 0 unspecified atom stereocenters. The number of carbonyl (C=O) groups is 2. The van der Waals surface area contributed by atoms with Crippen molar-refractivity contribution in [2.24, 2.45) is 5.10 Å². The molecule has 0 aliphatic carbocycles. The Balaban J connectivity index is 1.81. The first kappa shape index (κ1) is 15.4. The van der Waals surface area contributed by atoms with Gasteiger partial charge in [-0.15, -0.1) is 0 Å². The van der Waals surface area contributed by atoms with Crippen molar-refractivity contribution in [3.8, 4) is 0 Å². The molecule has 0 heterocycles. The lowest BCUT2D eigenvalue weighted by atomic mass is 10.2. The molecule has 0 saturated heterocycles. The molecule has 0 aliphatic heterocycles. The highest BCUT2D eigenvalue weighted by Crippen LogP contribution is 2.12. The molecule has 112 valence electrons. The van der Waals surface area contributed by atoms with Gasteiger partial charge >= 0.3 is 0 Å². The minimum Gasteiger partial charge on any atom is -0.323 e. The SMILES string of the molecule is O=C(CC(=O)Nc1ccccc1F)NN=Cc1ccccc1. The third kappa shape index (κ3) is 4.82. The third-order valence-corrected chi connectivity index (χ3v) is 2.67. The van der Waals surface area contributed by atoms with Crippen LogP contribution >= 0.6 is 0 Å². The van der Waals surface area contributed by atoms with E-state index in [1.54, 1.807) is 6.07 Å². The standard InChI is InChI=1S/C16H14FN3O2/c17-13-8-4-5-9-14(13)19-15(21)10-16(22)20-18-11-12-6-2-1-3-7-12/h1-9,11H,10H2,(H,19,21)(H,20,22). The fourth-order valence-corrected chi connectivity index (χ4v) is 1.66. The van der Waals surface area contributed by atoms with Gasteiger partial charge in [0.15, 0.2) is 0 Å². The minimum absolute atomic E-state index is 0.0353. The van der Waals surface area contributed by atoms with Crippen LogP contribution in [0.5, 0.6) is 0 Å². The van der Waals surface area contributed by atoms with Gasteiger partial charge in [0, 0.05) is 0 Å². The van der Waals surface area contributed by atoms with Gasteiger partial charge in [0.05, 0.1) is 11.9 Å². The first-order valence-corrected chi connectivity index (χ1v) is 6.56. The number of halogens is 1. The topological polar surface area (TPSA) is 70.6 Å². The monoisotopic (exact) mass is 299 g/mol. The number of carbonyl (C=O) groups excluding carboxylic acids is 2. The molecule has 22 heavy (non-hydrogen) atoms. The van der Waals surface area contributed by atoms with Gasteiger partial charge in [0.2, 0.25) is 11.8 Å². The Labute approximate surface area is 126 Å². The molecular weight excluding hydrogens is 285 g/mol. The van der Waals surface area contributed by atoms with Crippen LogP contribution in [0, 0.1) is 5.82 Å². The molecule has 6 heteroatoms. The number of hydrogen-bond donors (Lipinski definition) is 2. The van der Waals surface area contributed by atoms with Crippen molar-refractivity contribution < 1.29 is 14.0 Å². The van der Waals surface area contributed by atoms with E-state index in [1.807, 2.05) is 30.3 Å². The molecule has 0 radical (unpaired) electrons. The Kier molecular flexibility index (Phi) is 5.37. The molecule has 2 aromatic carbocycles. The molecule has 5 nitrogen and oxygen atoms in total. The Hall–Kier alpha value is -3.02. The zero-order valence-corrected chi connectivity index (χ0v) is 11.6. The molecular formula is C16H14FN3O2. The quantitative estimate of drug-likeness (QED) is 0.505. The zero-order chi connectivity index (χ0) is 15.8. The van der Waals surface area contributed by atoms with Crippen molar-refractivity contribution in [1.82, 2.24) is 5.43 Å². The normalized spacial score (nSPS) is 10.4. The zero-order valence-electron chi connectivity index (χ0n) is 11.6. The van der Waals surface area contributed by atoms with Gasteiger partial charge < -0.3 is 5.32 Å². The maximum atomic E-state index is 13.3. The first-order valence-electron chi connectivity index (χ1n) is 6.56. The van der Waals surface area contributed by atoms with Crippen LogP contribution in [-0.4, -0.2) is 18.0 Å². The Morgan fingerprint density at radius 1 is 1.00 bits per heavy atom. The number of anilines is 1. The number of benzene rings is 2. The average molecular weight is 299 g/mol. The van der Waals surface area contributed by atoms with Gasteiger partial charge in [-0.3, -0.25) is 9.59 Å². The largest absolute Gasteiger partial charge is 0.323 e. The molecule has 0 fully saturated rings. The molecule has 0 bridgehead atoms. The van der Waals surface area contributed by atoms with Gasteiger partial charge in [-0.1, -0.05) is 42.5 Å². The first-order chi connectivity index (χ1) is 10.6. The molecule has 2 rings (SSSR count). The maximum Gasteiger partial charge on any atom is 0.249 e. The highest BCUT2D eigenvalue weighted by atomic mass is 19.1. The summed E-state index contributed by atoms with van der Waals surface area (Å²) in [5, 5.41) is 6.06. The van der Waals surface area contributed by atoms with E-state index in [4.69, 9.17) is 0 Å². The van der Waals surface area contributed by atoms with Crippen molar-refractivity contribution in [3.05, 3.63) is 66.0 Å². The third-order valence-electron chi connectivity index (χ3n) is 2.67. The van der Waals surface area contributed by atoms with Crippen LogP contribution in [0.3, 0.4) is 0 Å². The predicted octanol–water partition coefficient (Wildman–Crippen LogP) is 2.30. The second-order valence-electron chi connectivity index (χ2n) is 4.41. The van der Waals surface area contributed by atoms with Gasteiger partial charge in [0.25, 0.3) is 0 Å². The average Bonchev–Trinajstić information content (AvgIpc) is 2.50. The lowest BCUT2D eigenvalue weighted by Crippen LogP contribution is -2.24. The summed E-state index contributed by atoms with van der Waals surface area (Å²) in [5.41, 5.74) is 3.09. The molecule has 0 atom stereocenters. The van der Waals surface area contributed by atoms with Gasteiger partial charge in [-0.25, -0.2) is 9.82 Å². The maximum absolute atomic E-state index is 13.3. The molecule has 0 spiro atoms. The van der Waals surface area contributed by atoms with Crippen LogP contribution in [0.4, 0.5) is 10.1 Å². The van der Waals surface area contributed by atoms with E-state index in [-0.39, 0.29) is 5.69 Å². The van der Waals surface area contributed by atoms with Crippen molar-refractivity contribution >= 4 is 23.7 Å². The van der Waals surface area contributed by atoms with Crippen LogP contribution < -0.4 is 10.7 Å². The summed E-state index contributed by atoms with van der Waals surface area (Å²) in [4.78, 5) is 23.2. The van der Waals surface area contributed by atoms with Crippen LogP contribution in [0.15, 0.2) is 59.7 Å². The summed E-state index contributed by atoms with van der Waals surface area (Å²) in [5.74, 6) is -1.75. The van der Waals surface area contributed by atoms with E-state index in [0.29, 0.717) is 0 Å². The van der Waals surface area contributed by atoms with E-state index in [0.717, 1.165) is 5.56 Å². The molecule has 0 saturated carbocycles. The van der Waals surface area contributed by atoms with Crippen molar-refractivity contribution in [1.29, 1.82) is 0 Å². The molecule has 2 amide bonds. The van der Waals surface area contributed by atoms with Crippen molar-refractivity contribution in [2.75, 3.05) is 5.32 Å². The number of rotatable bonds is 5. The van der Waals surface area contributed by atoms with Crippen LogP contribution in [0.1, 0.15) is 12.0 Å². The molecule has 2 N–H and O–H groups in total. The van der Waals surface area contributed by atoms with Crippen LogP contribution in [-0.2, 0) is 9.59 Å². The molecule has 0 aromatic heterocycles. The smallest absolute Gasteiger partial charge is 0.249 e. The summed E-state index contributed by atoms with van der Waals surface area (Å²) in [7, 11) is 0. The molecule has 0 aliphatic rings. The van der Waals surface area contributed by atoms with E-state index >= 15 is 0 Å². The van der Waals surface area contributed by atoms with Crippen molar-refractivity contribution in [2.45, 2.75) is 6.42 Å². The highest BCUT2D eigenvalue weighted by Gasteiger charge is 2.10. The van der Waals surface area contributed by atoms with E-state index in [2.05, 4.69) is 15.8 Å². The number of nitrogens with zero attached hydrogens (tertiary/aromatic N) is 1. The van der Waals surface area contributed by atoms with Gasteiger partial charge in [-0.2, -0.15) is 5.10 Å². The Bertz CT molecular complexity index is 687. The number of hydrazone groups is 1. The lowest BCUT2D eigenvalue weighted by molar-refractivity contribution is -0.126. The Morgan fingerprint density at radius 3 is 2.41 bits per heavy atom. The lowest BCUT2D eigenvalue weighted by Gasteiger charge is -2.05. The Morgan fingerprint density at radius 2 is 1.68 bits per heavy atom. The van der Waals surface area contributed by atoms with E-state index in [9.17, 15) is 14.0 Å². The van der Waals surface area contributed by atoms with E-state index in [1.165, 1.54) is 24.4 Å². The summed E-state index contributed by atoms with van der Waals surface area (Å²) < 4.78 is 13.3. The number of amides is 2. The van der Waals surface area contributed by atoms with Crippen molar-refractivity contribution in [3.63, 3.8) is 0 Å². The summed E-state index contributed by atoms with van der Waals surface area (Å²) in [6.45, 7) is 0. The number of nitrogens with one attached hydrogen (secondary N) is 2. The fourth-order valence-electron chi connectivity index (χ4n) is 1.66. The highest BCUT2D eigenvalue weighted by molar-refractivity contribution is 6.03. The van der Waals surface area contributed by atoms with Crippen LogP contribution in [0.25, 0.3) is 0 Å².